The van der Waals surface area contributed by atoms with E-state index in [1.165, 1.54) is 0 Å². The van der Waals surface area contributed by atoms with Crippen molar-refractivity contribution in [1.29, 1.82) is 0 Å². The fourth-order valence-corrected chi connectivity index (χ4v) is 1.76. The second-order valence-electron chi connectivity index (χ2n) is 5.14. The van der Waals surface area contributed by atoms with Gasteiger partial charge in [-0.25, -0.2) is 0 Å². The highest BCUT2D eigenvalue weighted by Crippen LogP contribution is 1.97. The van der Waals surface area contributed by atoms with Crippen LogP contribution in [0.4, 0.5) is 0 Å². The van der Waals surface area contributed by atoms with Gasteiger partial charge < -0.3 is 37.6 Å². The fourth-order valence-electron chi connectivity index (χ4n) is 1.76. The molecule has 5 amide bonds. The fraction of sp³-hybridized carbons (Fsp3) is 0.538. The molecular weight excluding hydrogens is 354 g/mol. The van der Waals surface area contributed by atoms with Gasteiger partial charge >= 0.3 is 0 Å². The lowest BCUT2D eigenvalue weighted by atomic mass is 10.1. The van der Waals surface area contributed by atoms with Crippen molar-refractivity contribution in [3.05, 3.63) is 0 Å². The van der Waals surface area contributed by atoms with Gasteiger partial charge in [0.25, 0.3) is 5.91 Å². The Hall–Kier alpha value is -3.06. The van der Waals surface area contributed by atoms with E-state index in [0.717, 1.165) is 6.92 Å². The highest BCUT2D eigenvalue weighted by Gasteiger charge is 2.31. The van der Waals surface area contributed by atoms with E-state index in [1.54, 1.807) is 0 Å². The Kier molecular flexibility index (Phi) is 9.47. The van der Waals surface area contributed by atoms with Gasteiger partial charge in [-0.3, -0.25) is 28.8 Å². The maximum absolute atomic E-state index is 12.1. The molecule has 0 fully saturated rings. The molecule has 0 saturated heterocycles. The van der Waals surface area contributed by atoms with Crippen LogP contribution < -0.4 is 27.4 Å². The molecule has 13 heteroatoms. The highest BCUT2D eigenvalue weighted by atomic mass is 16.3. The Bertz CT molecular complexity index is 593. The predicted molar refractivity (Wildman–Crippen MR) is 83.7 cm³/mol. The number of primary amides is 2. The third kappa shape index (κ3) is 7.67. The van der Waals surface area contributed by atoms with Gasteiger partial charge in [0.15, 0.2) is 0 Å². The van der Waals surface area contributed by atoms with E-state index >= 15 is 0 Å². The highest BCUT2D eigenvalue weighted by molar-refractivity contribution is 6.37. The van der Waals surface area contributed by atoms with Crippen LogP contribution >= 0.6 is 0 Å². The normalized spacial score (nSPS) is 13.7. The summed E-state index contributed by atoms with van der Waals surface area (Å²) in [6.45, 7) is -0.670. The second kappa shape index (κ2) is 10.7. The van der Waals surface area contributed by atoms with Gasteiger partial charge in [0.05, 0.1) is 19.6 Å². The number of nitrogens with two attached hydrogens (primary N) is 2. The molecule has 0 radical (unpaired) electrons. The van der Waals surface area contributed by atoms with Crippen LogP contribution in [0.1, 0.15) is 13.3 Å². The van der Waals surface area contributed by atoms with Crippen molar-refractivity contribution in [1.82, 2.24) is 16.0 Å². The summed E-state index contributed by atoms with van der Waals surface area (Å²) >= 11 is 0. The molecule has 0 unspecified atom stereocenters. The van der Waals surface area contributed by atoms with Crippen molar-refractivity contribution in [3.63, 3.8) is 0 Å². The van der Waals surface area contributed by atoms with Crippen LogP contribution in [0, 0.1) is 0 Å². The first kappa shape index (κ1) is 22.9. The molecule has 0 aromatic rings. The molecule has 0 aliphatic heterocycles. The summed E-state index contributed by atoms with van der Waals surface area (Å²) in [5.41, 5.74) is 9.75. The van der Waals surface area contributed by atoms with Crippen LogP contribution in [-0.2, 0) is 28.8 Å². The third-order valence-corrected chi connectivity index (χ3v) is 2.97. The predicted octanol–water partition coefficient (Wildman–Crippen LogP) is -5.62. The number of ketones is 1. The van der Waals surface area contributed by atoms with E-state index < -0.39 is 73.1 Å². The first-order valence-electron chi connectivity index (χ1n) is 7.24. The van der Waals surface area contributed by atoms with Gasteiger partial charge in [-0.15, -0.1) is 0 Å². The van der Waals surface area contributed by atoms with Gasteiger partial charge in [0, 0.05) is 6.92 Å². The zero-order chi connectivity index (χ0) is 20.4. The number of aliphatic hydroxyl groups excluding tert-OH is 2. The van der Waals surface area contributed by atoms with Crippen LogP contribution in [0.15, 0.2) is 0 Å². The Labute approximate surface area is 147 Å². The zero-order valence-corrected chi connectivity index (χ0v) is 13.9. The first-order chi connectivity index (χ1) is 12.0. The number of hydrogen-bond donors (Lipinski definition) is 7. The van der Waals surface area contributed by atoms with Gasteiger partial charge in [0.1, 0.15) is 18.1 Å². The molecule has 0 aliphatic rings. The second-order valence-corrected chi connectivity index (χ2v) is 5.14. The molecule has 0 rings (SSSR count). The largest absolute Gasteiger partial charge is 0.394 e. The molecule has 0 heterocycles. The van der Waals surface area contributed by atoms with E-state index in [2.05, 4.69) is 10.6 Å². The van der Waals surface area contributed by atoms with Crippen molar-refractivity contribution in [2.24, 2.45) is 11.5 Å². The SMILES string of the molecule is CC(=O)N[C@@H](CO)C(=O)N[C@@H](CC(N)=O)C(=O)N[C@@H](CO)C(=O)C(N)=O. The quantitative estimate of drug-likeness (QED) is 0.172. The summed E-state index contributed by atoms with van der Waals surface area (Å²) in [5, 5.41) is 24.3. The van der Waals surface area contributed by atoms with E-state index in [0.29, 0.717) is 0 Å². The average molecular weight is 375 g/mol. The summed E-state index contributed by atoms with van der Waals surface area (Å²) in [5.74, 6) is -6.46. The lowest BCUT2D eigenvalue weighted by Gasteiger charge is -2.22. The van der Waals surface area contributed by atoms with Gasteiger partial charge in [-0.05, 0) is 0 Å². The molecule has 0 saturated carbocycles. The van der Waals surface area contributed by atoms with Crippen molar-refractivity contribution in [2.75, 3.05) is 13.2 Å². The summed E-state index contributed by atoms with van der Waals surface area (Å²) in [7, 11) is 0. The molecule has 0 bridgehead atoms. The van der Waals surface area contributed by atoms with E-state index in [-0.39, 0.29) is 0 Å². The minimum Gasteiger partial charge on any atom is -0.394 e. The number of carbonyl (C=O) groups excluding carboxylic acids is 6. The molecule has 0 aromatic carbocycles. The standard InChI is InChI=1S/C13H21N5O8/c1-5(21)16-8(4-20)13(26)17-6(2-9(14)22)12(25)18-7(3-19)10(23)11(15)24/h6-8,19-20H,2-4H2,1H3,(H2,14,22)(H2,15,24)(H,16,21)(H,17,26)(H,18,25)/t6-,7-,8-/m0/s1. The van der Waals surface area contributed by atoms with Gasteiger partial charge in [0.2, 0.25) is 29.4 Å². The van der Waals surface area contributed by atoms with E-state index in [9.17, 15) is 28.8 Å². The number of hydrogen-bond acceptors (Lipinski definition) is 8. The molecule has 3 atom stereocenters. The molecule has 0 aromatic heterocycles. The molecule has 9 N–H and O–H groups in total. The van der Waals surface area contributed by atoms with Crippen molar-refractivity contribution >= 4 is 35.3 Å². The van der Waals surface area contributed by atoms with E-state index in [4.69, 9.17) is 21.7 Å². The van der Waals surface area contributed by atoms with Crippen molar-refractivity contribution in [3.8, 4) is 0 Å². The Balaban J connectivity index is 5.23. The lowest BCUT2D eigenvalue weighted by Crippen LogP contribution is -2.58. The van der Waals surface area contributed by atoms with Gasteiger partial charge in [-0.2, -0.15) is 0 Å². The van der Waals surface area contributed by atoms with Crippen molar-refractivity contribution in [2.45, 2.75) is 31.5 Å². The van der Waals surface area contributed by atoms with Crippen molar-refractivity contribution < 1.29 is 39.0 Å². The van der Waals surface area contributed by atoms with E-state index in [1.807, 2.05) is 5.32 Å². The van der Waals surface area contributed by atoms with Gasteiger partial charge in [-0.1, -0.05) is 0 Å². The summed E-state index contributed by atoms with van der Waals surface area (Å²) in [6.07, 6.45) is -0.696. The zero-order valence-electron chi connectivity index (χ0n) is 13.9. The maximum atomic E-state index is 12.1. The van der Waals surface area contributed by atoms with Crippen LogP contribution in [0.2, 0.25) is 0 Å². The Morgan fingerprint density at radius 3 is 1.65 bits per heavy atom. The average Bonchev–Trinajstić information content (AvgIpc) is 2.55. The minimum atomic E-state index is -1.68. The number of aliphatic hydroxyl groups is 2. The maximum Gasteiger partial charge on any atom is 0.287 e. The Morgan fingerprint density at radius 1 is 0.808 bits per heavy atom. The topological polar surface area (TPSA) is 231 Å². The number of rotatable bonds is 11. The first-order valence-corrected chi connectivity index (χ1v) is 7.24. The molecule has 0 aliphatic carbocycles. The molecular formula is C13H21N5O8. The monoisotopic (exact) mass is 375 g/mol. The molecule has 0 spiro atoms. The number of Topliss-reactive ketones (excluding diaryl/α,β-unsaturated/α-hetero) is 1. The molecule has 13 nitrogen and oxygen atoms in total. The third-order valence-electron chi connectivity index (χ3n) is 2.97. The summed E-state index contributed by atoms with van der Waals surface area (Å²) < 4.78 is 0. The van der Waals surface area contributed by atoms with Crippen LogP contribution in [-0.4, -0.2) is 76.9 Å². The summed E-state index contributed by atoms with van der Waals surface area (Å²) in [6, 6.07) is -4.69. The smallest absolute Gasteiger partial charge is 0.287 e. The molecule has 26 heavy (non-hydrogen) atoms. The number of carbonyl (C=O) groups is 6. The minimum absolute atomic E-state index is 0.637. The van der Waals surface area contributed by atoms with Crippen LogP contribution in [0.25, 0.3) is 0 Å². The summed E-state index contributed by atoms with van der Waals surface area (Å²) in [4.78, 5) is 68.5. The number of nitrogens with one attached hydrogen (secondary N) is 3. The Morgan fingerprint density at radius 2 is 1.27 bits per heavy atom. The molecule has 146 valence electrons. The van der Waals surface area contributed by atoms with Crippen LogP contribution in [0.3, 0.4) is 0 Å². The van der Waals surface area contributed by atoms with Crippen LogP contribution in [0.5, 0.6) is 0 Å². The number of amides is 5. The lowest BCUT2D eigenvalue weighted by molar-refractivity contribution is -0.140.